The Labute approximate surface area is 351 Å². The summed E-state index contributed by atoms with van der Waals surface area (Å²) < 4.78 is 16.7. The van der Waals surface area contributed by atoms with E-state index in [2.05, 4.69) is 12.2 Å². The lowest BCUT2D eigenvalue weighted by molar-refractivity contribution is -0.303. The number of nitrogens with one attached hydrogen (secondary N) is 1. The smallest absolute Gasteiger partial charge is 0.410 e. The zero-order valence-corrected chi connectivity index (χ0v) is 36.9. The Morgan fingerprint density at radius 2 is 1.26 bits per heavy atom. The molecule has 0 aromatic rings. The molecule has 7 N–H and O–H groups in total. The molecule has 0 saturated carbocycles. The van der Waals surface area contributed by atoms with Gasteiger partial charge in [0.25, 0.3) is 0 Å². The van der Waals surface area contributed by atoms with Crippen LogP contribution >= 0.6 is 0 Å². The highest BCUT2D eigenvalue weighted by atomic mass is 16.7. The number of ether oxygens (including phenoxy) is 3. The van der Waals surface area contributed by atoms with E-state index in [1.165, 1.54) is 77.0 Å². The molecule has 0 radical (unpaired) electrons. The fraction of sp³-hybridized carbons (Fsp3) is 0.956. The van der Waals surface area contributed by atoms with Crippen molar-refractivity contribution in [1.29, 1.82) is 0 Å². The summed E-state index contributed by atoms with van der Waals surface area (Å²) in [4.78, 5) is 27.2. The van der Waals surface area contributed by atoms with Gasteiger partial charge in [-0.05, 0) is 52.4 Å². The average molecular weight is 831 g/mol. The van der Waals surface area contributed by atoms with Crippen molar-refractivity contribution < 1.29 is 54.4 Å². The highest BCUT2D eigenvalue weighted by Crippen LogP contribution is 2.26. The van der Waals surface area contributed by atoms with Crippen molar-refractivity contribution in [2.45, 2.75) is 243 Å². The van der Waals surface area contributed by atoms with Gasteiger partial charge in [-0.3, -0.25) is 4.79 Å². The van der Waals surface area contributed by atoms with Crippen LogP contribution in [0, 0.1) is 5.92 Å². The van der Waals surface area contributed by atoms with Crippen LogP contribution in [0.3, 0.4) is 0 Å². The largest absolute Gasteiger partial charge is 0.444 e. The summed E-state index contributed by atoms with van der Waals surface area (Å²) in [6, 6.07) is -1.01. The Hall–Kier alpha value is -1.58. The predicted molar refractivity (Wildman–Crippen MR) is 226 cm³/mol. The molecule has 342 valence electrons. The lowest BCUT2D eigenvalue weighted by Gasteiger charge is -2.40. The number of aliphatic hydroxyl groups excluding tert-OH is 6. The van der Waals surface area contributed by atoms with Gasteiger partial charge in [0.2, 0.25) is 5.91 Å². The number of unbranched alkanes of at least 4 members (excludes halogenated alkanes) is 18. The molecule has 2 aliphatic heterocycles. The van der Waals surface area contributed by atoms with E-state index < -0.39 is 61.2 Å². The molecule has 2 aliphatic rings. The van der Waals surface area contributed by atoms with Gasteiger partial charge in [-0.15, -0.1) is 0 Å². The maximum atomic E-state index is 13.0. The summed E-state index contributed by atoms with van der Waals surface area (Å²) in [5, 5.41) is 65.2. The van der Waals surface area contributed by atoms with Gasteiger partial charge in [0.05, 0.1) is 25.4 Å². The third kappa shape index (κ3) is 22.3. The van der Waals surface area contributed by atoms with Crippen LogP contribution in [0.25, 0.3) is 0 Å². The van der Waals surface area contributed by atoms with Crippen molar-refractivity contribution in [3.8, 4) is 0 Å². The van der Waals surface area contributed by atoms with Crippen molar-refractivity contribution in [2.75, 3.05) is 26.3 Å². The van der Waals surface area contributed by atoms with Gasteiger partial charge < -0.3 is 55.1 Å². The van der Waals surface area contributed by atoms with Crippen molar-refractivity contribution in [1.82, 2.24) is 10.2 Å². The minimum Gasteiger partial charge on any atom is -0.444 e. The number of aliphatic hydroxyl groups is 6. The molecule has 2 rings (SSSR count). The molecule has 5 unspecified atom stereocenters. The van der Waals surface area contributed by atoms with Crippen LogP contribution in [0.4, 0.5) is 4.79 Å². The number of hydrogen-bond acceptors (Lipinski definition) is 11. The number of carbonyl (C=O) groups is 2. The lowest BCUT2D eigenvalue weighted by atomic mass is 9.91. The van der Waals surface area contributed by atoms with Crippen LogP contribution in [0.15, 0.2) is 0 Å². The van der Waals surface area contributed by atoms with Crippen LogP contribution in [-0.2, 0) is 19.0 Å². The Morgan fingerprint density at radius 3 is 1.79 bits per heavy atom. The number of piperidine rings is 1. The molecule has 2 amide bonds. The Balaban J connectivity index is 1.67. The van der Waals surface area contributed by atoms with E-state index in [4.69, 9.17) is 14.2 Å². The Bertz CT molecular complexity index is 1050. The quantitative estimate of drug-likeness (QED) is 0.0370. The van der Waals surface area contributed by atoms with E-state index in [9.17, 15) is 40.2 Å². The fourth-order valence-corrected chi connectivity index (χ4v) is 8.05. The van der Waals surface area contributed by atoms with E-state index in [-0.39, 0.29) is 25.0 Å². The normalized spacial score (nSPS) is 23.4. The SMILES string of the molecule is CCCCCCCCCCCCCC[C@@H](O)[C@@H](O)[C@H](COC1OC(CO)C(O)C(O)C1O)NC(=O)CCCCCCCCCCC1CCN(C(=O)OC(C)(C)C)CC1. The van der Waals surface area contributed by atoms with E-state index in [0.29, 0.717) is 18.8 Å². The second-order valence-corrected chi connectivity index (χ2v) is 18.2. The summed E-state index contributed by atoms with van der Waals surface area (Å²) >= 11 is 0. The zero-order valence-electron chi connectivity index (χ0n) is 36.9. The van der Waals surface area contributed by atoms with Crippen LogP contribution < -0.4 is 5.32 Å². The first-order valence-electron chi connectivity index (χ1n) is 23.3. The highest BCUT2D eigenvalue weighted by molar-refractivity contribution is 5.76. The molecule has 8 atom stereocenters. The highest BCUT2D eigenvalue weighted by Gasteiger charge is 2.44. The topological polar surface area (TPSA) is 198 Å². The van der Waals surface area contributed by atoms with Crippen molar-refractivity contribution in [3.05, 3.63) is 0 Å². The molecule has 58 heavy (non-hydrogen) atoms. The second kappa shape index (κ2) is 30.4. The molecule has 0 bridgehead atoms. The van der Waals surface area contributed by atoms with Crippen LogP contribution in [0.2, 0.25) is 0 Å². The molecule has 0 aromatic carbocycles. The molecule has 0 spiro atoms. The summed E-state index contributed by atoms with van der Waals surface area (Å²) in [5.41, 5.74) is -0.465. The Morgan fingerprint density at radius 1 is 0.741 bits per heavy atom. The minimum absolute atomic E-state index is 0.204. The predicted octanol–water partition coefficient (Wildman–Crippen LogP) is 6.65. The second-order valence-electron chi connectivity index (χ2n) is 18.2. The maximum Gasteiger partial charge on any atom is 0.410 e. The summed E-state index contributed by atoms with van der Waals surface area (Å²) in [5.74, 6) is 0.392. The van der Waals surface area contributed by atoms with E-state index >= 15 is 0 Å². The molecule has 13 nitrogen and oxygen atoms in total. The number of likely N-dealkylation sites (tertiary alicyclic amines) is 1. The van der Waals surface area contributed by atoms with Gasteiger partial charge in [0.1, 0.15) is 36.1 Å². The third-order valence-corrected chi connectivity index (χ3v) is 11.8. The van der Waals surface area contributed by atoms with Crippen LogP contribution in [0.5, 0.6) is 0 Å². The lowest BCUT2D eigenvalue weighted by Crippen LogP contribution is -2.60. The van der Waals surface area contributed by atoms with E-state index in [0.717, 1.165) is 77.3 Å². The number of hydrogen-bond donors (Lipinski definition) is 7. The van der Waals surface area contributed by atoms with Crippen molar-refractivity contribution in [2.24, 2.45) is 5.92 Å². The first kappa shape index (κ1) is 52.6. The first-order valence-corrected chi connectivity index (χ1v) is 23.3. The van der Waals surface area contributed by atoms with Crippen molar-refractivity contribution in [3.63, 3.8) is 0 Å². The van der Waals surface area contributed by atoms with Crippen LogP contribution in [0.1, 0.15) is 188 Å². The molecule has 0 aromatic heterocycles. The average Bonchev–Trinajstić information content (AvgIpc) is 3.19. The van der Waals surface area contributed by atoms with E-state index in [1.54, 1.807) is 0 Å². The molecule has 13 heteroatoms. The third-order valence-electron chi connectivity index (χ3n) is 11.8. The fourth-order valence-electron chi connectivity index (χ4n) is 8.05. The van der Waals surface area contributed by atoms with Gasteiger partial charge in [-0.25, -0.2) is 4.79 Å². The molecule has 2 heterocycles. The monoisotopic (exact) mass is 831 g/mol. The first-order chi connectivity index (χ1) is 27.8. The van der Waals surface area contributed by atoms with Gasteiger partial charge in [-0.2, -0.15) is 0 Å². The van der Waals surface area contributed by atoms with Gasteiger partial charge in [0.15, 0.2) is 6.29 Å². The number of nitrogens with zero attached hydrogens (tertiary/aromatic N) is 1. The number of amides is 2. The minimum atomic E-state index is -1.62. The molecule has 0 aliphatic carbocycles. The summed E-state index contributed by atoms with van der Waals surface area (Å²) in [6.45, 7) is 8.54. The molecular formula is C45H86N2O11. The zero-order chi connectivity index (χ0) is 42.8. The summed E-state index contributed by atoms with van der Waals surface area (Å²) in [7, 11) is 0. The van der Waals surface area contributed by atoms with E-state index in [1.807, 2.05) is 25.7 Å². The number of carbonyl (C=O) groups excluding carboxylic acids is 2. The van der Waals surface area contributed by atoms with Crippen LogP contribution in [-0.4, -0.2) is 128 Å². The summed E-state index contributed by atoms with van der Waals surface area (Å²) in [6.07, 6.45) is 16.6. The Kier molecular flexibility index (Phi) is 27.6. The van der Waals surface area contributed by atoms with Crippen molar-refractivity contribution >= 4 is 12.0 Å². The van der Waals surface area contributed by atoms with Gasteiger partial charge in [-0.1, -0.05) is 135 Å². The van der Waals surface area contributed by atoms with Gasteiger partial charge >= 0.3 is 6.09 Å². The molecular weight excluding hydrogens is 744 g/mol. The molecule has 2 fully saturated rings. The maximum absolute atomic E-state index is 13.0. The molecule has 2 saturated heterocycles. The van der Waals surface area contributed by atoms with Gasteiger partial charge in [0, 0.05) is 19.5 Å². The number of rotatable bonds is 31. The standard InChI is InChI=1S/C45H86N2O11/c1-5-6-7-8-9-10-11-12-13-17-20-23-26-36(49)39(51)35(33-56-43-42(54)41(53)40(52)37(32-48)57-43)46-38(50)27-24-21-18-15-14-16-19-22-25-34-28-30-47(31-29-34)44(55)58-45(2,3)4/h34-37,39-43,48-49,51-54H,5-33H2,1-4H3,(H,46,50)/t35-,36+,37?,39-,40?,41?,42?,43?/m0/s1.